The lowest BCUT2D eigenvalue weighted by Gasteiger charge is -2.33. The molecule has 0 aromatic heterocycles. The molecule has 128 valence electrons. The van der Waals surface area contributed by atoms with Crippen LogP contribution >= 0.6 is 0 Å². The maximum Gasteiger partial charge on any atom is 0.411 e. The molecule has 0 bridgehead atoms. The molecule has 0 saturated carbocycles. The smallest absolute Gasteiger partial charge is 0.411 e. The fraction of sp³-hybridized carbons (Fsp3) is 0.500. The number of benzene rings is 1. The summed E-state index contributed by atoms with van der Waals surface area (Å²) in [7, 11) is 0. The highest BCUT2D eigenvalue weighted by molar-refractivity contribution is 6.08. The average molecular weight is 330 g/mol. The van der Waals surface area contributed by atoms with Crippen LogP contribution in [0.1, 0.15) is 31.2 Å². The van der Waals surface area contributed by atoms with Crippen molar-refractivity contribution in [1.29, 1.82) is 0 Å². The first-order valence-electron chi connectivity index (χ1n) is 8.40. The van der Waals surface area contributed by atoms with E-state index in [-0.39, 0.29) is 18.4 Å². The Morgan fingerprint density at radius 3 is 2.75 bits per heavy atom. The molecule has 24 heavy (non-hydrogen) atoms. The minimum Gasteiger partial charge on any atom is -0.445 e. The van der Waals surface area contributed by atoms with Crippen molar-refractivity contribution >= 4 is 18.2 Å². The first-order valence-corrected chi connectivity index (χ1v) is 8.40. The molecule has 0 unspecified atom stereocenters. The summed E-state index contributed by atoms with van der Waals surface area (Å²) in [5, 5.41) is 3.12. The zero-order valence-electron chi connectivity index (χ0n) is 13.6. The maximum atomic E-state index is 12.8. The second-order valence-electron chi connectivity index (χ2n) is 6.35. The molecule has 6 nitrogen and oxygen atoms in total. The van der Waals surface area contributed by atoms with Gasteiger partial charge in [-0.25, -0.2) is 4.79 Å². The summed E-state index contributed by atoms with van der Waals surface area (Å²) in [4.78, 5) is 38.5. The van der Waals surface area contributed by atoms with Crippen LogP contribution in [0.2, 0.25) is 0 Å². The third-order valence-corrected chi connectivity index (χ3v) is 4.85. The second-order valence-corrected chi connectivity index (χ2v) is 6.35. The molecule has 0 radical (unpaired) electrons. The van der Waals surface area contributed by atoms with E-state index in [1.54, 1.807) is 0 Å². The number of likely N-dealkylation sites (tertiary alicyclic amines) is 1. The molecular formula is C18H22N2O4. The zero-order chi connectivity index (χ0) is 17.0. The first kappa shape index (κ1) is 16.6. The Labute approximate surface area is 141 Å². The van der Waals surface area contributed by atoms with Crippen molar-refractivity contribution in [1.82, 2.24) is 10.2 Å². The molecule has 1 amide bonds. The number of hydrogen-bond acceptors (Lipinski definition) is 5. The Morgan fingerprint density at radius 1 is 1.29 bits per heavy atom. The number of nitrogens with one attached hydrogen (secondary N) is 1. The van der Waals surface area contributed by atoms with Crippen molar-refractivity contribution in [3.05, 3.63) is 35.9 Å². The molecule has 2 atom stereocenters. The van der Waals surface area contributed by atoms with E-state index < -0.39 is 11.6 Å². The summed E-state index contributed by atoms with van der Waals surface area (Å²) < 4.78 is 5.34. The topological polar surface area (TPSA) is 75.7 Å². The molecule has 2 aliphatic heterocycles. The van der Waals surface area contributed by atoms with Gasteiger partial charge >= 0.3 is 6.09 Å². The van der Waals surface area contributed by atoms with Gasteiger partial charge in [0.05, 0.1) is 6.04 Å². The summed E-state index contributed by atoms with van der Waals surface area (Å²) in [6.45, 7) is 1.26. The molecule has 0 aliphatic carbocycles. The van der Waals surface area contributed by atoms with E-state index in [0.29, 0.717) is 32.1 Å². The number of carbonyl (C=O) groups excluding carboxylic acids is 3. The monoisotopic (exact) mass is 330 g/mol. The van der Waals surface area contributed by atoms with Crippen molar-refractivity contribution in [2.75, 3.05) is 13.1 Å². The molecule has 6 heteroatoms. The summed E-state index contributed by atoms with van der Waals surface area (Å²) in [6, 6.07) is 8.98. The van der Waals surface area contributed by atoms with Crippen molar-refractivity contribution < 1.29 is 19.1 Å². The van der Waals surface area contributed by atoms with Crippen molar-refractivity contribution in [2.45, 2.75) is 43.9 Å². The van der Waals surface area contributed by atoms with Crippen LogP contribution in [0.15, 0.2) is 30.3 Å². The van der Waals surface area contributed by atoms with Crippen molar-refractivity contribution in [3.8, 4) is 0 Å². The zero-order valence-corrected chi connectivity index (χ0v) is 13.6. The Kier molecular flexibility index (Phi) is 4.94. The van der Waals surface area contributed by atoms with Crippen molar-refractivity contribution in [2.24, 2.45) is 0 Å². The number of Topliss-reactive ketones (excluding diaryl/α,β-unsaturated/α-hetero) is 1. The number of hydrogen-bond donors (Lipinski definition) is 1. The van der Waals surface area contributed by atoms with Gasteiger partial charge in [0.1, 0.15) is 6.61 Å². The van der Waals surface area contributed by atoms with Gasteiger partial charge in [-0.15, -0.1) is 0 Å². The van der Waals surface area contributed by atoms with Gasteiger partial charge in [-0.05, 0) is 37.8 Å². The van der Waals surface area contributed by atoms with E-state index in [4.69, 9.17) is 4.74 Å². The molecule has 1 N–H and O–H groups in total. The minimum atomic E-state index is -1.38. The summed E-state index contributed by atoms with van der Waals surface area (Å²) >= 11 is 0. The standard InChI is InChI=1S/C18H22N2O4/c21-13-18(16(22)15-8-4-10-19-15)9-5-11-20(18)17(23)24-12-14-6-2-1-3-7-14/h1-3,6-7,13,15,19H,4-5,8-12H2/t15-,18-/m0/s1. The van der Waals surface area contributed by atoms with Gasteiger partial charge in [0, 0.05) is 6.54 Å². The Bertz CT molecular complexity index is 613. The van der Waals surface area contributed by atoms with Gasteiger partial charge in [-0.3, -0.25) is 9.69 Å². The van der Waals surface area contributed by atoms with Crippen LogP contribution in [0.3, 0.4) is 0 Å². The van der Waals surface area contributed by atoms with Gasteiger partial charge < -0.3 is 14.8 Å². The van der Waals surface area contributed by atoms with Crippen LogP contribution in [0.25, 0.3) is 0 Å². The number of ether oxygens (including phenoxy) is 1. The number of carbonyl (C=O) groups is 3. The molecule has 2 saturated heterocycles. The predicted molar refractivity (Wildman–Crippen MR) is 87.4 cm³/mol. The molecule has 1 aromatic carbocycles. The van der Waals surface area contributed by atoms with Gasteiger partial charge in [0.25, 0.3) is 0 Å². The fourth-order valence-electron chi connectivity index (χ4n) is 3.54. The number of rotatable bonds is 5. The van der Waals surface area contributed by atoms with E-state index in [2.05, 4.69) is 5.32 Å². The van der Waals surface area contributed by atoms with E-state index in [1.165, 1.54) is 4.90 Å². The Morgan fingerprint density at radius 2 is 2.08 bits per heavy atom. The van der Waals surface area contributed by atoms with E-state index in [1.807, 2.05) is 30.3 Å². The Hall–Kier alpha value is -2.21. The maximum absolute atomic E-state index is 12.8. The van der Waals surface area contributed by atoms with Crippen LogP contribution in [-0.2, 0) is 20.9 Å². The predicted octanol–water partition coefficient (Wildman–Crippen LogP) is 1.68. The highest BCUT2D eigenvalue weighted by atomic mass is 16.6. The van der Waals surface area contributed by atoms with Gasteiger partial charge in [0.2, 0.25) is 0 Å². The quantitative estimate of drug-likeness (QED) is 0.657. The molecule has 0 spiro atoms. The number of ketones is 1. The molecular weight excluding hydrogens is 308 g/mol. The molecule has 2 aliphatic rings. The van der Waals surface area contributed by atoms with Crippen LogP contribution in [0.4, 0.5) is 4.79 Å². The van der Waals surface area contributed by atoms with Crippen LogP contribution in [0.5, 0.6) is 0 Å². The van der Waals surface area contributed by atoms with Crippen molar-refractivity contribution in [3.63, 3.8) is 0 Å². The highest BCUT2D eigenvalue weighted by Gasteiger charge is 2.52. The average Bonchev–Trinajstić information content (AvgIpc) is 3.30. The van der Waals surface area contributed by atoms with E-state index in [9.17, 15) is 14.4 Å². The third-order valence-electron chi connectivity index (χ3n) is 4.85. The van der Waals surface area contributed by atoms with Gasteiger partial charge in [0.15, 0.2) is 17.6 Å². The largest absolute Gasteiger partial charge is 0.445 e. The lowest BCUT2D eigenvalue weighted by atomic mass is 9.87. The lowest BCUT2D eigenvalue weighted by Crippen LogP contribution is -2.59. The molecule has 2 heterocycles. The SMILES string of the molecule is O=C[C@]1(C(=O)[C@@H]2CCCN2)CCCN1C(=O)OCc1ccccc1. The number of aldehydes is 1. The normalized spacial score (nSPS) is 26.3. The fourth-order valence-corrected chi connectivity index (χ4v) is 3.54. The van der Waals surface area contributed by atoms with Gasteiger partial charge in [-0.1, -0.05) is 30.3 Å². The van der Waals surface area contributed by atoms with Crippen LogP contribution < -0.4 is 5.32 Å². The third kappa shape index (κ3) is 3.06. The van der Waals surface area contributed by atoms with Crippen LogP contribution in [0, 0.1) is 0 Å². The van der Waals surface area contributed by atoms with Crippen LogP contribution in [-0.4, -0.2) is 47.7 Å². The summed E-state index contributed by atoms with van der Waals surface area (Å²) in [6.07, 6.45) is 2.64. The number of nitrogens with zero attached hydrogens (tertiary/aromatic N) is 1. The minimum absolute atomic E-state index is 0.126. The summed E-state index contributed by atoms with van der Waals surface area (Å²) in [5.41, 5.74) is -0.513. The number of amides is 1. The molecule has 1 aromatic rings. The first-order chi connectivity index (χ1) is 11.7. The molecule has 2 fully saturated rings. The second kappa shape index (κ2) is 7.13. The van der Waals surface area contributed by atoms with E-state index in [0.717, 1.165) is 18.5 Å². The highest BCUT2D eigenvalue weighted by Crippen LogP contribution is 2.32. The van der Waals surface area contributed by atoms with Gasteiger partial charge in [-0.2, -0.15) is 0 Å². The summed E-state index contributed by atoms with van der Waals surface area (Å²) in [5.74, 6) is -0.204. The molecule has 3 rings (SSSR count). The van der Waals surface area contributed by atoms with E-state index >= 15 is 0 Å². The Balaban J connectivity index is 1.71. The lowest BCUT2D eigenvalue weighted by molar-refractivity contribution is -0.136.